The predicted octanol–water partition coefficient (Wildman–Crippen LogP) is 2.81. The lowest BCUT2D eigenvalue weighted by atomic mass is 10.2. The summed E-state index contributed by atoms with van der Waals surface area (Å²) in [6.45, 7) is 0. The van der Waals surface area contributed by atoms with Gasteiger partial charge in [0.15, 0.2) is 0 Å². The van der Waals surface area contributed by atoms with Crippen LogP contribution in [0.5, 0.6) is 0 Å². The second kappa shape index (κ2) is 6.30. The Morgan fingerprint density at radius 2 is 2.05 bits per heavy atom. The van der Waals surface area contributed by atoms with Crippen LogP contribution in [0.1, 0.15) is 10.4 Å². The molecule has 1 N–H and O–H groups in total. The van der Waals surface area contributed by atoms with E-state index in [1.165, 1.54) is 19.2 Å². The van der Waals surface area contributed by atoms with Crippen LogP contribution in [-0.4, -0.2) is 38.2 Å². The van der Waals surface area contributed by atoms with Crippen molar-refractivity contribution in [2.45, 2.75) is 0 Å². The zero-order chi connectivity index (χ0) is 14.8. The van der Waals surface area contributed by atoms with Gasteiger partial charge in [-0.15, -0.1) is 11.6 Å². The number of aromatic carboxylic acids is 1. The quantitative estimate of drug-likeness (QED) is 0.784. The standard InChI is InChI=1S/C10H10BrCl2NO4S/c1-14(19(17,18)3-2-12)8-5-6(11)4-7(9(8)13)10(15)16/h4-5H,2-3H2,1H3,(H,15,16). The van der Waals surface area contributed by atoms with E-state index >= 15 is 0 Å². The first-order chi connectivity index (χ1) is 8.70. The van der Waals surface area contributed by atoms with E-state index in [1.54, 1.807) is 0 Å². The van der Waals surface area contributed by atoms with Gasteiger partial charge >= 0.3 is 5.97 Å². The fourth-order valence-corrected chi connectivity index (χ4v) is 3.65. The van der Waals surface area contributed by atoms with E-state index in [4.69, 9.17) is 28.3 Å². The highest BCUT2D eigenvalue weighted by molar-refractivity contribution is 9.10. The van der Waals surface area contributed by atoms with E-state index in [1.807, 2.05) is 0 Å². The van der Waals surface area contributed by atoms with Crippen molar-refractivity contribution in [3.8, 4) is 0 Å². The average Bonchev–Trinajstić information content (AvgIpc) is 2.30. The van der Waals surface area contributed by atoms with Gasteiger partial charge in [0.1, 0.15) is 0 Å². The van der Waals surface area contributed by atoms with Crippen molar-refractivity contribution >= 4 is 60.8 Å². The molecule has 1 rings (SSSR count). The smallest absolute Gasteiger partial charge is 0.337 e. The average molecular weight is 391 g/mol. The number of sulfonamides is 1. The van der Waals surface area contributed by atoms with Gasteiger partial charge in [-0.3, -0.25) is 4.31 Å². The number of rotatable bonds is 5. The van der Waals surface area contributed by atoms with Gasteiger partial charge in [-0.05, 0) is 12.1 Å². The van der Waals surface area contributed by atoms with E-state index in [-0.39, 0.29) is 27.9 Å². The van der Waals surface area contributed by atoms with Crippen molar-refractivity contribution < 1.29 is 18.3 Å². The summed E-state index contributed by atoms with van der Waals surface area (Å²) < 4.78 is 25.1. The van der Waals surface area contributed by atoms with Crippen LogP contribution in [0.25, 0.3) is 0 Å². The Morgan fingerprint density at radius 1 is 1.47 bits per heavy atom. The topological polar surface area (TPSA) is 74.7 Å². The molecule has 106 valence electrons. The number of benzene rings is 1. The molecule has 19 heavy (non-hydrogen) atoms. The van der Waals surface area contributed by atoms with Crippen molar-refractivity contribution in [2.24, 2.45) is 0 Å². The molecule has 0 bridgehead atoms. The van der Waals surface area contributed by atoms with Gasteiger partial charge in [-0.2, -0.15) is 0 Å². The second-order valence-corrected chi connectivity index (χ2v) is 7.36. The van der Waals surface area contributed by atoms with Crippen molar-refractivity contribution in [3.05, 3.63) is 27.2 Å². The minimum Gasteiger partial charge on any atom is -0.478 e. The molecule has 0 radical (unpaired) electrons. The highest BCUT2D eigenvalue weighted by Crippen LogP contribution is 2.33. The summed E-state index contributed by atoms with van der Waals surface area (Å²) >= 11 is 14.5. The number of hydrogen-bond donors (Lipinski definition) is 1. The maximum atomic E-state index is 11.9. The Hall–Kier alpha value is -0.500. The minimum atomic E-state index is -3.64. The first-order valence-corrected chi connectivity index (χ1v) is 8.27. The summed E-state index contributed by atoms with van der Waals surface area (Å²) in [5.41, 5.74) is -0.0995. The Bertz CT molecular complexity index is 606. The SMILES string of the molecule is CN(c1cc(Br)cc(C(=O)O)c1Cl)S(=O)(=O)CCCl. The number of carboxylic acids is 1. The lowest BCUT2D eigenvalue weighted by molar-refractivity contribution is 0.0697. The monoisotopic (exact) mass is 389 g/mol. The van der Waals surface area contributed by atoms with Gasteiger partial charge in [0, 0.05) is 17.4 Å². The van der Waals surface area contributed by atoms with Crippen LogP contribution in [0.15, 0.2) is 16.6 Å². The van der Waals surface area contributed by atoms with Crippen LogP contribution in [0, 0.1) is 0 Å². The van der Waals surface area contributed by atoms with Crippen LogP contribution in [-0.2, 0) is 10.0 Å². The molecule has 0 spiro atoms. The van der Waals surface area contributed by atoms with Crippen molar-refractivity contribution in [2.75, 3.05) is 23.0 Å². The largest absolute Gasteiger partial charge is 0.478 e. The molecule has 0 saturated carbocycles. The van der Waals surface area contributed by atoms with Crippen molar-refractivity contribution in [1.29, 1.82) is 0 Å². The third-order valence-electron chi connectivity index (χ3n) is 2.34. The molecule has 0 unspecified atom stereocenters. The third-order valence-corrected chi connectivity index (χ3v) is 5.36. The predicted molar refractivity (Wildman–Crippen MR) is 79.0 cm³/mol. The Labute approximate surface area is 129 Å². The van der Waals surface area contributed by atoms with Crippen LogP contribution in [0.3, 0.4) is 0 Å². The number of carbonyl (C=O) groups is 1. The summed E-state index contributed by atoms with van der Waals surface area (Å²) in [6.07, 6.45) is 0. The highest BCUT2D eigenvalue weighted by Gasteiger charge is 2.23. The lowest BCUT2D eigenvalue weighted by Gasteiger charge is -2.21. The maximum absolute atomic E-state index is 11.9. The van der Waals surface area contributed by atoms with Gasteiger partial charge < -0.3 is 5.11 Å². The normalized spacial score (nSPS) is 11.4. The molecule has 1 aromatic rings. The lowest BCUT2D eigenvalue weighted by Crippen LogP contribution is -2.30. The summed E-state index contributed by atoms with van der Waals surface area (Å²) in [5.74, 6) is -1.57. The Balaban J connectivity index is 3.39. The fourth-order valence-electron chi connectivity index (χ4n) is 1.34. The number of nitrogens with zero attached hydrogens (tertiary/aromatic N) is 1. The van der Waals surface area contributed by atoms with E-state index < -0.39 is 16.0 Å². The van der Waals surface area contributed by atoms with E-state index in [9.17, 15) is 13.2 Å². The highest BCUT2D eigenvalue weighted by atomic mass is 79.9. The van der Waals surface area contributed by atoms with Gasteiger partial charge in [0.05, 0.1) is 22.0 Å². The molecule has 0 heterocycles. The van der Waals surface area contributed by atoms with E-state index in [2.05, 4.69) is 15.9 Å². The van der Waals surface area contributed by atoms with Gasteiger partial charge in [0.2, 0.25) is 10.0 Å². The van der Waals surface area contributed by atoms with E-state index in [0.717, 1.165) is 4.31 Å². The van der Waals surface area contributed by atoms with Gasteiger partial charge in [0.25, 0.3) is 0 Å². The molecule has 0 aliphatic rings. The molecule has 0 amide bonds. The summed E-state index contributed by atoms with van der Waals surface area (Å²) in [5, 5.41) is 8.87. The van der Waals surface area contributed by atoms with Crippen LogP contribution in [0.2, 0.25) is 5.02 Å². The first kappa shape index (κ1) is 16.6. The summed E-state index contributed by atoms with van der Waals surface area (Å²) in [4.78, 5) is 11.0. The molecule has 9 heteroatoms. The van der Waals surface area contributed by atoms with Crippen LogP contribution < -0.4 is 4.31 Å². The number of alkyl halides is 1. The molecule has 1 aromatic carbocycles. The molecule has 0 saturated heterocycles. The third kappa shape index (κ3) is 3.75. The van der Waals surface area contributed by atoms with Crippen LogP contribution in [0.4, 0.5) is 5.69 Å². The molecular formula is C10H10BrCl2NO4S. The number of halogens is 3. The Morgan fingerprint density at radius 3 is 2.53 bits per heavy atom. The van der Waals surface area contributed by atoms with Gasteiger partial charge in [-0.25, -0.2) is 13.2 Å². The van der Waals surface area contributed by atoms with E-state index in [0.29, 0.717) is 4.47 Å². The molecule has 0 aromatic heterocycles. The van der Waals surface area contributed by atoms with Crippen molar-refractivity contribution in [1.82, 2.24) is 0 Å². The molecule has 0 fully saturated rings. The van der Waals surface area contributed by atoms with Crippen LogP contribution >= 0.6 is 39.1 Å². The fraction of sp³-hybridized carbons (Fsp3) is 0.300. The number of anilines is 1. The maximum Gasteiger partial charge on any atom is 0.337 e. The number of hydrogen-bond acceptors (Lipinski definition) is 3. The second-order valence-electron chi connectivity index (χ2n) is 3.56. The minimum absolute atomic E-state index is 0.0654. The molecule has 0 atom stereocenters. The first-order valence-electron chi connectivity index (χ1n) is 4.95. The summed E-state index contributed by atoms with van der Waals surface area (Å²) in [7, 11) is -2.35. The number of carboxylic acid groups (broad SMARTS) is 1. The Kier molecular flexibility index (Phi) is 5.49. The molecule has 5 nitrogen and oxygen atoms in total. The zero-order valence-corrected chi connectivity index (χ0v) is 13.6. The zero-order valence-electron chi connectivity index (χ0n) is 9.73. The van der Waals surface area contributed by atoms with Gasteiger partial charge in [-0.1, -0.05) is 27.5 Å². The molecule has 0 aliphatic heterocycles. The summed E-state index contributed by atoms with van der Waals surface area (Å²) in [6, 6.07) is 2.73. The molecular weight excluding hydrogens is 381 g/mol. The molecule has 0 aliphatic carbocycles. The van der Waals surface area contributed by atoms with Crippen molar-refractivity contribution in [3.63, 3.8) is 0 Å².